The average Bonchev–Trinajstić information content (AvgIpc) is 2.41. The molecule has 2 aromatic rings. The summed E-state index contributed by atoms with van der Waals surface area (Å²) < 4.78 is 26.4. The molecule has 0 fully saturated rings. The number of halogens is 2. The summed E-state index contributed by atoms with van der Waals surface area (Å²) in [6.45, 7) is 2.49. The van der Waals surface area contributed by atoms with Crippen molar-refractivity contribution in [1.82, 2.24) is 0 Å². The van der Waals surface area contributed by atoms with Crippen molar-refractivity contribution < 1.29 is 8.78 Å². The van der Waals surface area contributed by atoms with E-state index in [4.69, 9.17) is 5.26 Å². The van der Waals surface area contributed by atoms with Crippen LogP contribution in [0.4, 0.5) is 20.2 Å². The van der Waals surface area contributed by atoms with Crippen LogP contribution in [-0.2, 0) is 0 Å². The number of nitrogens with zero attached hydrogens (tertiary/aromatic N) is 2. The number of benzene rings is 2. The van der Waals surface area contributed by atoms with Gasteiger partial charge < -0.3 is 4.90 Å². The Morgan fingerprint density at radius 3 is 2.26 bits per heavy atom. The molecule has 0 atom stereocenters. The molecule has 2 aromatic carbocycles. The third-order valence-electron chi connectivity index (χ3n) is 2.78. The van der Waals surface area contributed by atoms with Crippen LogP contribution in [0.3, 0.4) is 0 Å². The first-order valence-corrected chi connectivity index (χ1v) is 5.88. The van der Waals surface area contributed by atoms with Gasteiger partial charge in [-0.3, -0.25) is 0 Å². The largest absolute Gasteiger partial charge is 0.342 e. The van der Waals surface area contributed by atoms with E-state index in [0.29, 0.717) is 12.2 Å². The minimum atomic E-state index is -0.463. The molecule has 0 amide bonds. The second-order valence-corrected chi connectivity index (χ2v) is 4.03. The smallest absolute Gasteiger partial charge is 0.126 e. The van der Waals surface area contributed by atoms with Gasteiger partial charge in [-0.25, -0.2) is 8.78 Å². The van der Waals surface area contributed by atoms with Crippen LogP contribution < -0.4 is 4.90 Å². The highest BCUT2D eigenvalue weighted by Crippen LogP contribution is 2.26. The maximum Gasteiger partial charge on any atom is 0.126 e. The van der Waals surface area contributed by atoms with Crippen molar-refractivity contribution in [1.29, 1.82) is 5.26 Å². The van der Waals surface area contributed by atoms with Crippen molar-refractivity contribution >= 4 is 11.4 Å². The third-order valence-corrected chi connectivity index (χ3v) is 2.78. The second kappa shape index (κ2) is 5.49. The van der Waals surface area contributed by atoms with Crippen LogP contribution >= 0.6 is 0 Å². The van der Waals surface area contributed by atoms with Crippen LogP contribution in [0.1, 0.15) is 12.5 Å². The minimum Gasteiger partial charge on any atom is -0.342 e. The van der Waals surface area contributed by atoms with E-state index in [0.717, 1.165) is 5.69 Å². The lowest BCUT2D eigenvalue weighted by Gasteiger charge is -2.23. The molecule has 4 heteroatoms. The molecule has 0 aromatic heterocycles. The molecule has 0 N–H and O–H groups in total. The van der Waals surface area contributed by atoms with Crippen LogP contribution in [0.15, 0.2) is 42.5 Å². The zero-order valence-corrected chi connectivity index (χ0v) is 10.4. The number of nitriles is 1. The lowest BCUT2D eigenvalue weighted by atomic mass is 10.1. The van der Waals surface area contributed by atoms with E-state index in [-0.39, 0.29) is 11.4 Å². The molecule has 0 aliphatic carbocycles. The van der Waals surface area contributed by atoms with Crippen LogP contribution in [0.25, 0.3) is 0 Å². The molecular formula is C15H12F2N2. The van der Waals surface area contributed by atoms with Crippen LogP contribution in [0.2, 0.25) is 0 Å². The van der Waals surface area contributed by atoms with Gasteiger partial charge in [0.1, 0.15) is 11.6 Å². The molecule has 19 heavy (non-hydrogen) atoms. The van der Waals surface area contributed by atoms with Gasteiger partial charge in [-0.15, -0.1) is 0 Å². The van der Waals surface area contributed by atoms with E-state index in [1.165, 1.54) is 24.3 Å². The van der Waals surface area contributed by atoms with Gasteiger partial charge in [0.2, 0.25) is 0 Å². The summed E-state index contributed by atoms with van der Waals surface area (Å²) in [4.78, 5) is 1.81. The molecule has 96 valence electrons. The molecule has 0 saturated heterocycles. The van der Waals surface area contributed by atoms with E-state index in [9.17, 15) is 8.78 Å². The maximum absolute atomic E-state index is 13.5. The zero-order chi connectivity index (χ0) is 13.8. The molecule has 0 saturated carbocycles. The second-order valence-electron chi connectivity index (χ2n) is 4.03. The van der Waals surface area contributed by atoms with Crippen LogP contribution in [0, 0.1) is 23.0 Å². The Hall–Kier alpha value is -2.41. The number of hydrogen-bond acceptors (Lipinski definition) is 2. The SMILES string of the molecule is CCN(c1ccc(F)cc1)c1cc(F)cc(C#N)c1. The Morgan fingerprint density at radius 2 is 1.68 bits per heavy atom. The standard InChI is InChI=1S/C15H12F2N2/c1-2-19(14-5-3-12(16)4-6-14)15-8-11(10-18)7-13(17)9-15/h3-9H,2H2,1H3. The van der Waals surface area contributed by atoms with Crippen LogP contribution in [-0.4, -0.2) is 6.54 Å². The van der Waals surface area contributed by atoms with E-state index >= 15 is 0 Å². The van der Waals surface area contributed by atoms with E-state index in [1.54, 1.807) is 18.2 Å². The molecule has 0 radical (unpaired) electrons. The summed E-state index contributed by atoms with van der Waals surface area (Å²) in [6.07, 6.45) is 0. The number of anilines is 2. The number of hydrogen-bond donors (Lipinski definition) is 0. The van der Waals surface area contributed by atoms with Crippen LogP contribution in [0.5, 0.6) is 0 Å². The lowest BCUT2D eigenvalue weighted by Crippen LogP contribution is -2.16. The first-order valence-electron chi connectivity index (χ1n) is 5.88. The molecule has 2 nitrogen and oxygen atoms in total. The van der Waals surface area contributed by atoms with Crippen molar-refractivity contribution in [2.45, 2.75) is 6.92 Å². The highest BCUT2D eigenvalue weighted by Gasteiger charge is 2.10. The highest BCUT2D eigenvalue weighted by molar-refractivity contribution is 5.64. The number of rotatable bonds is 3. The topological polar surface area (TPSA) is 27.0 Å². The Kier molecular flexibility index (Phi) is 3.76. The summed E-state index contributed by atoms with van der Waals surface area (Å²) >= 11 is 0. The lowest BCUT2D eigenvalue weighted by molar-refractivity contribution is 0.626. The zero-order valence-electron chi connectivity index (χ0n) is 10.4. The first-order chi connectivity index (χ1) is 9.13. The van der Waals surface area contributed by atoms with Gasteiger partial charge in [0.25, 0.3) is 0 Å². The fourth-order valence-electron chi connectivity index (χ4n) is 1.93. The molecular weight excluding hydrogens is 246 g/mol. The Balaban J connectivity index is 2.45. The Bertz CT molecular complexity index is 615. The molecule has 0 aliphatic rings. The summed E-state index contributed by atoms with van der Waals surface area (Å²) in [7, 11) is 0. The summed E-state index contributed by atoms with van der Waals surface area (Å²) in [5.74, 6) is -0.786. The fraction of sp³-hybridized carbons (Fsp3) is 0.133. The normalized spacial score (nSPS) is 10.0. The predicted molar refractivity (Wildman–Crippen MR) is 70.2 cm³/mol. The van der Waals surface area contributed by atoms with Gasteiger partial charge in [0, 0.05) is 17.9 Å². The molecule has 0 bridgehead atoms. The summed E-state index contributed by atoms with van der Waals surface area (Å²) in [5, 5.41) is 8.86. The Labute approximate surface area is 110 Å². The van der Waals surface area contributed by atoms with Crippen molar-refractivity contribution in [3.8, 4) is 6.07 Å². The Morgan fingerprint density at radius 1 is 1.00 bits per heavy atom. The van der Waals surface area contributed by atoms with E-state index < -0.39 is 5.82 Å². The van der Waals surface area contributed by atoms with Gasteiger partial charge in [-0.05, 0) is 49.4 Å². The van der Waals surface area contributed by atoms with Gasteiger partial charge in [-0.2, -0.15) is 5.26 Å². The average molecular weight is 258 g/mol. The molecule has 0 heterocycles. The highest BCUT2D eigenvalue weighted by atomic mass is 19.1. The minimum absolute atomic E-state index is 0.260. The van der Waals surface area contributed by atoms with E-state index in [1.807, 2.05) is 17.9 Å². The molecule has 0 unspecified atom stereocenters. The van der Waals surface area contributed by atoms with Crippen molar-refractivity contribution in [3.05, 3.63) is 59.7 Å². The van der Waals surface area contributed by atoms with Crippen molar-refractivity contribution in [2.75, 3.05) is 11.4 Å². The summed E-state index contributed by atoms with van der Waals surface area (Å²) in [6, 6.07) is 12.0. The van der Waals surface area contributed by atoms with Crippen molar-refractivity contribution in [2.24, 2.45) is 0 Å². The quantitative estimate of drug-likeness (QED) is 0.832. The summed E-state index contributed by atoms with van der Waals surface area (Å²) in [5.41, 5.74) is 1.58. The fourth-order valence-corrected chi connectivity index (χ4v) is 1.93. The molecule has 2 rings (SSSR count). The van der Waals surface area contributed by atoms with Gasteiger partial charge in [0.15, 0.2) is 0 Å². The van der Waals surface area contributed by atoms with E-state index in [2.05, 4.69) is 0 Å². The third kappa shape index (κ3) is 2.89. The molecule has 0 spiro atoms. The first kappa shape index (κ1) is 13.0. The monoisotopic (exact) mass is 258 g/mol. The van der Waals surface area contributed by atoms with Gasteiger partial charge >= 0.3 is 0 Å². The van der Waals surface area contributed by atoms with Gasteiger partial charge in [-0.1, -0.05) is 0 Å². The molecule has 0 aliphatic heterocycles. The predicted octanol–water partition coefficient (Wildman–Crippen LogP) is 3.99. The van der Waals surface area contributed by atoms with Crippen molar-refractivity contribution in [3.63, 3.8) is 0 Å². The van der Waals surface area contributed by atoms with Gasteiger partial charge in [0.05, 0.1) is 11.6 Å². The maximum atomic E-state index is 13.5.